The maximum Gasteiger partial charge on any atom is 0.150 e. The molecule has 0 spiro atoms. The molecular formula is C13H16BrF2N. The summed E-state index contributed by atoms with van der Waals surface area (Å²) in [5, 5.41) is 3.16. The average molecular weight is 304 g/mol. The average Bonchev–Trinajstić information content (AvgIpc) is 2.76. The first-order valence-corrected chi connectivity index (χ1v) is 6.78. The van der Waals surface area contributed by atoms with Crippen LogP contribution in [0.15, 0.2) is 16.6 Å². The van der Waals surface area contributed by atoms with Crippen LogP contribution in [-0.2, 0) is 0 Å². The summed E-state index contributed by atoms with van der Waals surface area (Å²) in [6, 6.07) is 2.41. The van der Waals surface area contributed by atoms with E-state index in [4.69, 9.17) is 0 Å². The number of nitrogens with one attached hydrogen (secondary N) is 1. The van der Waals surface area contributed by atoms with E-state index in [1.165, 1.54) is 31.7 Å². The van der Waals surface area contributed by atoms with Crippen LogP contribution in [-0.4, -0.2) is 6.04 Å². The molecule has 4 heteroatoms. The van der Waals surface area contributed by atoms with Crippen LogP contribution in [0.4, 0.5) is 14.5 Å². The molecular weight excluding hydrogens is 288 g/mol. The van der Waals surface area contributed by atoms with Gasteiger partial charge in [0.2, 0.25) is 0 Å². The monoisotopic (exact) mass is 303 g/mol. The van der Waals surface area contributed by atoms with Crippen LogP contribution in [0.5, 0.6) is 0 Å². The maximum atomic E-state index is 13.6. The van der Waals surface area contributed by atoms with Crippen LogP contribution in [0.25, 0.3) is 0 Å². The Kier molecular flexibility index (Phi) is 4.02. The molecule has 0 amide bonds. The molecule has 1 N–H and O–H groups in total. The van der Waals surface area contributed by atoms with Crippen molar-refractivity contribution in [3.05, 3.63) is 28.2 Å². The van der Waals surface area contributed by atoms with Crippen molar-refractivity contribution in [2.75, 3.05) is 5.32 Å². The van der Waals surface area contributed by atoms with Gasteiger partial charge in [0.15, 0.2) is 0 Å². The second-order valence-corrected chi connectivity index (χ2v) is 5.58. The predicted molar refractivity (Wildman–Crippen MR) is 69.1 cm³/mol. The van der Waals surface area contributed by atoms with Gasteiger partial charge in [0.25, 0.3) is 0 Å². The molecule has 1 aromatic rings. The molecule has 1 aliphatic rings. The van der Waals surface area contributed by atoms with Gasteiger partial charge in [0.05, 0.1) is 5.69 Å². The van der Waals surface area contributed by atoms with E-state index in [2.05, 4.69) is 28.2 Å². The van der Waals surface area contributed by atoms with Gasteiger partial charge in [0, 0.05) is 16.6 Å². The third-order valence-electron chi connectivity index (χ3n) is 3.49. The van der Waals surface area contributed by atoms with E-state index in [9.17, 15) is 8.78 Å². The zero-order valence-corrected chi connectivity index (χ0v) is 11.4. The van der Waals surface area contributed by atoms with Crippen LogP contribution in [0, 0.1) is 17.6 Å². The minimum absolute atomic E-state index is 0.216. The molecule has 0 heterocycles. The fraction of sp³-hybridized carbons (Fsp3) is 0.538. The highest BCUT2D eigenvalue weighted by atomic mass is 79.9. The maximum absolute atomic E-state index is 13.6. The summed E-state index contributed by atoms with van der Waals surface area (Å²) in [4.78, 5) is 0. The van der Waals surface area contributed by atoms with Crippen LogP contribution in [0.2, 0.25) is 0 Å². The van der Waals surface area contributed by atoms with Crippen molar-refractivity contribution in [3.8, 4) is 0 Å². The summed E-state index contributed by atoms with van der Waals surface area (Å²) in [5.74, 6) is -0.512. The Labute approximate surface area is 109 Å². The van der Waals surface area contributed by atoms with Crippen molar-refractivity contribution in [3.63, 3.8) is 0 Å². The smallest absolute Gasteiger partial charge is 0.150 e. The molecule has 0 aliphatic heterocycles. The normalized spacial score (nSPS) is 18.4. The van der Waals surface area contributed by atoms with Crippen molar-refractivity contribution in [1.29, 1.82) is 0 Å². The van der Waals surface area contributed by atoms with Crippen molar-refractivity contribution < 1.29 is 8.78 Å². The van der Waals surface area contributed by atoms with Crippen LogP contribution in [0.1, 0.15) is 32.6 Å². The topological polar surface area (TPSA) is 12.0 Å². The Morgan fingerprint density at radius 1 is 1.29 bits per heavy atom. The van der Waals surface area contributed by atoms with Gasteiger partial charge in [0.1, 0.15) is 11.6 Å². The Hall–Kier alpha value is -0.640. The quantitative estimate of drug-likeness (QED) is 0.852. The Bertz CT molecular complexity index is 379. The largest absolute Gasteiger partial charge is 0.379 e. The van der Waals surface area contributed by atoms with Gasteiger partial charge in [-0.1, -0.05) is 12.8 Å². The lowest BCUT2D eigenvalue weighted by Crippen LogP contribution is -2.24. The number of halogens is 3. The summed E-state index contributed by atoms with van der Waals surface area (Å²) in [7, 11) is 0. The SMILES string of the molecule is CC(Nc1c(F)cc(F)cc1Br)C1CCCC1. The molecule has 1 aromatic carbocycles. The first kappa shape index (κ1) is 12.8. The first-order chi connectivity index (χ1) is 8.08. The molecule has 1 nitrogen and oxygen atoms in total. The van der Waals surface area contributed by atoms with E-state index in [1.807, 2.05) is 0 Å². The summed E-state index contributed by atoms with van der Waals surface area (Å²) >= 11 is 3.19. The second kappa shape index (κ2) is 5.34. The predicted octanol–water partition coefficient (Wildman–Crippen LogP) is 4.72. The molecule has 94 valence electrons. The molecule has 1 aliphatic carbocycles. The second-order valence-electron chi connectivity index (χ2n) is 4.72. The van der Waals surface area contributed by atoms with Gasteiger partial charge in [-0.3, -0.25) is 0 Å². The molecule has 1 unspecified atom stereocenters. The lowest BCUT2D eigenvalue weighted by atomic mass is 9.99. The Morgan fingerprint density at radius 2 is 1.94 bits per heavy atom. The van der Waals surface area contributed by atoms with Gasteiger partial charge in [-0.2, -0.15) is 0 Å². The van der Waals surface area contributed by atoms with Gasteiger partial charge in [-0.15, -0.1) is 0 Å². The van der Waals surface area contributed by atoms with E-state index in [1.54, 1.807) is 0 Å². The van der Waals surface area contributed by atoms with Crippen LogP contribution < -0.4 is 5.32 Å². The summed E-state index contributed by atoms with van der Waals surface area (Å²) in [5.41, 5.74) is 0.366. The van der Waals surface area contributed by atoms with Gasteiger partial charge in [-0.05, 0) is 47.7 Å². The fourth-order valence-electron chi connectivity index (χ4n) is 2.48. The van der Waals surface area contributed by atoms with Crippen LogP contribution >= 0.6 is 15.9 Å². The Morgan fingerprint density at radius 3 is 2.53 bits per heavy atom. The molecule has 0 radical (unpaired) electrons. The highest BCUT2D eigenvalue weighted by Gasteiger charge is 2.23. The lowest BCUT2D eigenvalue weighted by molar-refractivity contribution is 0.478. The van der Waals surface area contributed by atoms with Crippen molar-refractivity contribution in [2.24, 2.45) is 5.92 Å². The molecule has 17 heavy (non-hydrogen) atoms. The molecule has 0 bridgehead atoms. The Balaban J connectivity index is 2.12. The summed E-state index contributed by atoms with van der Waals surface area (Å²) in [6.45, 7) is 2.06. The van der Waals surface area contributed by atoms with E-state index < -0.39 is 11.6 Å². The number of hydrogen-bond donors (Lipinski definition) is 1. The molecule has 1 saturated carbocycles. The number of anilines is 1. The fourth-order valence-corrected chi connectivity index (χ4v) is 3.01. The third-order valence-corrected chi connectivity index (χ3v) is 4.11. The van der Waals surface area contributed by atoms with E-state index in [0.717, 1.165) is 6.07 Å². The first-order valence-electron chi connectivity index (χ1n) is 5.99. The zero-order chi connectivity index (χ0) is 12.4. The van der Waals surface area contributed by atoms with Crippen molar-refractivity contribution >= 4 is 21.6 Å². The number of rotatable bonds is 3. The van der Waals surface area contributed by atoms with Gasteiger partial charge in [-0.25, -0.2) is 8.78 Å². The lowest BCUT2D eigenvalue weighted by Gasteiger charge is -2.22. The summed E-state index contributed by atoms with van der Waals surface area (Å²) < 4.78 is 27.0. The van der Waals surface area contributed by atoms with E-state index in [0.29, 0.717) is 16.1 Å². The third kappa shape index (κ3) is 2.97. The van der Waals surface area contributed by atoms with Gasteiger partial charge < -0.3 is 5.32 Å². The standard InChI is InChI=1S/C13H16BrF2N/c1-8(9-4-2-3-5-9)17-13-11(14)6-10(15)7-12(13)16/h6-9,17H,2-5H2,1H3. The van der Waals surface area contributed by atoms with Crippen molar-refractivity contribution in [2.45, 2.75) is 38.6 Å². The highest BCUT2D eigenvalue weighted by Crippen LogP contribution is 2.32. The van der Waals surface area contributed by atoms with Gasteiger partial charge >= 0.3 is 0 Å². The molecule has 1 atom stereocenters. The highest BCUT2D eigenvalue weighted by molar-refractivity contribution is 9.10. The van der Waals surface area contributed by atoms with Crippen molar-refractivity contribution in [1.82, 2.24) is 0 Å². The molecule has 0 saturated heterocycles. The van der Waals surface area contributed by atoms with E-state index in [-0.39, 0.29) is 6.04 Å². The molecule has 1 fully saturated rings. The zero-order valence-electron chi connectivity index (χ0n) is 9.77. The minimum atomic E-state index is -0.562. The number of benzene rings is 1. The molecule has 2 rings (SSSR count). The number of hydrogen-bond acceptors (Lipinski definition) is 1. The summed E-state index contributed by atoms with van der Waals surface area (Å²) in [6.07, 6.45) is 4.89. The van der Waals surface area contributed by atoms with Crippen LogP contribution in [0.3, 0.4) is 0 Å². The van der Waals surface area contributed by atoms with E-state index >= 15 is 0 Å². The molecule has 0 aromatic heterocycles. The minimum Gasteiger partial charge on any atom is -0.379 e.